The van der Waals surface area contributed by atoms with Gasteiger partial charge < -0.3 is 9.84 Å². The quantitative estimate of drug-likeness (QED) is 0.803. The van der Waals surface area contributed by atoms with E-state index in [1.807, 2.05) is 0 Å². The molecule has 0 bridgehead atoms. The second-order valence-electron chi connectivity index (χ2n) is 4.75. The maximum atomic E-state index is 13.7. The second-order valence-corrected chi connectivity index (χ2v) is 4.75. The van der Waals surface area contributed by atoms with Crippen molar-refractivity contribution in [3.63, 3.8) is 0 Å². The summed E-state index contributed by atoms with van der Waals surface area (Å²) in [5.74, 6) is 0.0765. The summed E-state index contributed by atoms with van der Waals surface area (Å²) in [6.45, 7) is 2.05. The highest BCUT2D eigenvalue weighted by molar-refractivity contribution is 6.07. The highest BCUT2D eigenvalue weighted by Crippen LogP contribution is 2.21. The number of amides is 1. The summed E-state index contributed by atoms with van der Waals surface area (Å²) in [4.78, 5) is 12.3. The lowest BCUT2D eigenvalue weighted by Gasteiger charge is -2.07. The van der Waals surface area contributed by atoms with Crippen LogP contribution < -0.4 is 5.32 Å². The van der Waals surface area contributed by atoms with Crippen molar-refractivity contribution in [2.45, 2.75) is 13.5 Å². The molecule has 106 valence electrons. The lowest BCUT2D eigenvalue weighted by molar-refractivity contribution is 0.0951. The highest BCUT2D eigenvalue weighted by Gasteiger charge is 2.12. The van der Waals surface area contributed by atoms with Gasteiger partial charge in [-0.25, -0.2) is 4.39 Å². The summed E-state index contributed by atoms with van der Waals surface area (Å²) in [6, 6.07) is 11.4. The Morgan fingerprint density at radius 2 is 2.00 bits per heavy atom. The number of aryl methyl sites for hydroxylation is 1. The number of aromatic nitrogens is 1. The van der Waals surface area contributed by atoms with E-state index < -0.39 is 0 Å². The first-order valence-electron chi connectivity index (χ1n) is 6.53. The van der Waals surface area contributed by atoms with Gasteiger partial charge >= 0.3 is 0 Å². The highest BCUT2D eigenvalue weighted by atomic mass is 19.1. The Kier molecular flexibility index (Phi) is 3.39. The smallest absolute Gasteiger partial charge is 0.252 e. The lowest BCUT2D eigenvalue weighted by Crippen LogP contribution is -2.23. The van der Waals surface area contributed by atoms with Crippen molar-refractivity contribution in [2.75, 3.05) is 0 Å². The SMILES string of the molecule is Cc1cc(CNC(=O)c2ccc(F)c3ccccc23)no1. The maximum absolute atomic E-state index is 13.7. The van der Waals surface area contributed by atoms with Crippen LogP contribution in [0.5, 0.6) is 0 Å². The number of carbonyl (C=O) groups is 1. The number of benzene rings is 2. The molecule has 1 heterocycles. The predicted octanol–water partition coefficient (Wildman–Crippen LogP) is 3.21. The molecule has 0 fully saturated rings. The normalized spacial score (nSPS) is 10.8. The fourth-order valence-electron chi connectivity index (χ4n) is 2.23. The number of hydrogen-bond donors (Lipinski definition) is 1. The molecule has 3 aromatic rings. The van der Waals surface area contributed by atoms with E-state index in [1.165, 1.54) is 12.1 Å². The van der Waals surface area contributed by atoms with E-state index in [2.05, 4.69) is 10.5 Å². The van der Waals surface area contributed by atoms with Crippen molar-refractivity contribution < 1.29 is 13.7 Å². The minimum Gasteiger partial charge on any atom is -0.361 e. The number of carbonyl (C=O) groups excluding carboxylic acids is 1. The predicted molar refractivity (Wildman–Crippen MR) is 76.3 cm³/mol. The number of nitrogens with one attached hydrogen (secondary N) is 1. The van der Waals surface area contributed by atoms with Crippen LogP contribution in [0.3, 0.4) is 0 Å². The molecule has 21 heavy (non-hydrogen) atoms. The molecule has 2 aromatic carbocycles. The van der Waals surface area contributed by atoms with E-state index in [0.29, 0.717) is 27.8 Å². The minimum atomic E-state index is -0.339. The van der Waals surface area contributed by atoms with Crippen LogP contribution in [-0.4, -0.2) is 11.1 Å². The molecular formula is C16H13FN2O2. The van der Waals surface area contributed by atoms with Gasteiger partial charge in [-0.1, -0.05) is 29.4 Å². The van der Waals surface area contributed by atoms with Crippen molar-refractivity contribution in [3.8, 4) is 0 Å². The average Bonchev–Trinajstić information content (AvgIpc) is 2.91. The van der Waals surface area contributed by atoms with E-state index in [4.69, 9.17) is 4.52 Å². The van der Waals surface area contributed by atoms with Gasteiger partial charge in [0.15, 0.2) is 0 Å². The first kappa shape index (κ1) is 13.3. The van der Waals surface area contributed by atoms with Gasteiger partial charge in [0.2, 0.25) is 0 Å². The van der Waals surface area contributed by atoms with E-state index in [-0.39, 0.29) is 18.3 Å². The topological polar surface area (TPSA) is 55.1 Å². The molecule has 5 heteroatoms. The molecule has 0 aliphatic heterocycles. The Bertz CT molecular complexity index is 811. The molecule has 0 aliphatic carbocycles. The Morgan fingerprint density at radius 1 is 1.24 bits per heavy atom. The van der Waals surface area contributed by atoms with Gasteiger partial charge in [-0.3, -0.25) is 4.79 Å². The summed E-state index contributed by atoms with van der Waals surface area (Å²) < 4.78 is 18.7. The third-order valence-corrected chi connectivity index (χ3v) is 3.22. The van der Waals surface area contributed by atoms with Gasteiger partial charge in [-0.15, -0.1) is 0 Å². The molecular weight excluding hydrogens is 271 g/mol. The number of nitrogens with zero attached hydrogens (tertiary/aromatic N) is 1. The molecule has 0 aliphatic rings. The van der Waals surface area contributed by atoms with Crippen molar-refractivity contribution in [3.05, 3.63) is 65.3 Å². The van der Waals surface area contributed by atoms with Gasteiger partial charge in [-0.05, 0) is 24.4 Å². The Labute approximate surface area is 120 Å². The zero-order valence-corrected chi connectivity index (χ0v) is 11.4. The van der Waals surface area contributed by atoms with Crippen molar-refractivity contribution >= 4 is 16.7 Å². The second kappa shape index (κ2) is 5.36. The Morgan fingerprint density at radius 3 is 2.71 bits per heavy atom. The van der Waals surface area contributed by atoms with E-state index in [1.54, 1.807) is 37.3 Å². The van der Waals surface area contributed by atoms with Crippen LogP contribution in [0.4, 0.5) is 4.39 Å². The molecule has 1 aromatic heterocycles. The summed E-state index contributed by atoms with van der Waals surface area (Å²) in [5, 5.41) is 7.59. The maximum Gasteiger partial charge on any atom is 0.252 e. The molecule has 1 N–H and O–H groups in total. The average molecular weight is 284 g/mol. The van der Waals surface area contributed by atoms with Gasteiger partial charge in [-0.2, -0.15) is 0 Å². The van der Waals surface area contributed by atoms with Gasteiger partial charge in [0, 0.05) is 17.0 Å². The van der Waals surface area contributed by atoms with Crippen LogP contribution in [0.2, 0.25) is 0 Å². The monoisotopic (exact) mass is 284 g/mol. The molecule has 0 radical (unpaired) electrons. The molecule has 4 nitrogen and oxygen atoms in total. The van der Waals surface area contributed by atoms with Crippen molar-refractivity contribution in [1.29, 1.82) is 0 Å². The van der Waals surface area contributed by atoms with Gasteiger partial charge in [0.25, 0.3) is 5.91 Å². The van der Waals surface area contributed by atoms with Crippen molar-refractivity contribution in [2.24, 2.45) is 0 Å². The van der Waals surface area contributed by atoms with Crippen LogP contribution in [0.15, 0.2) is 47.0 Å². The van der Waals surface area contributed by atoms with E-state index >= 15 is 0 Å². The molecule has 1 amide bonds. The van der Waals surface area contributed by atoms with Crippen LogP contribution in [0.1, 0.15) is 21.8 Å². The van der Waals surface area contributed by atoms with Crippen molar-refractivity contribution in [1.82, 2.24) is 10.5 Å². The molecule has 3 rings (SSSR count). The molecule has 0 spiro atoms. The summed E-state index contributed by atoms with van der Waals surface area (Å²) in [5.41, 5.74) is 1.08. The lowest BCUT2D eigenvalue weighted by atomic mass is 10.0. The minimum absolute atomic E-state index is 0.266. The standard InChI is InChI=1S/C16H13FN2O2/c1-10-8-11(19-21-10)9-18-16(20)14-6-7-15(17)13-5-3-2-4-12(13)14/h2-8H,9H2,1H3,(H,18,20). The first-order chi connectivity index (χ1) is 10.1. The van der Waals surface area contributed by atoms with Gasteiger partial charge in [0.05, 0.1) is 6.54 Å². The van der Waals surface area contributed by atoms with Crippen LogP contribution in [0.25, 0.3) is 10.8 Å². The molecule has 0 saturated heterocycles. The largest absolute Gasteiger partial charge is 0.361 e. The third-order valence-electron chi connectivity index (χ3n) is 3.22. The van der Waals surface area contributed by atoms with Gasteiger partial charge in [0.1, 0.15) is 17.3 Å². The summed E-state index contributed by atoms with van der Waals surface area (Å²) in [7, 11) is 0. The zero-order chi connectivity index (χ0) is 14.8. The molecule has 0 unspecified atom stereocenters. The van der Waals surface area contributed by atoms with Crippen LogP contribution in [0, 0.1) is 12.7 Å². The van der Waals surface area contributed by atoms with E-state index in [9.17, 15) is 9.18 Å². The van der Waals surface area contributed by atoms with E-state index in [0.717, 1.165) is 0 Å². The number of rotatable bonds is 3. The Hall–Kier alpha value is -2.69. The molecule has 0 saturated carbocycles. The van der Waals surface area contributed by atoms with Crippen LogP contribution in [-0.2, 0) is 6.54 Å². The number of fused-ring (bicyclic) bond motifs is 1. The summed E-state index contributed by atoms with van der Waals surface area (Å²) in [6.07, 6.45) is 0. The summed E-state index contributed by atoms with van der Waals surface area (Å²) >= 11 is 0. The van der Waals surface area contributed by atoms with Crippen LogP contribution >= 0.6 is 0 Å². The fourth-order valence-corrected chi connectivity index (χ4v) is 2.23. The first-order valence-corrected chi connectivity index (χ1v) is 6.53. The zero-order valence-electron chi connectivity index (χ0n) is 11.4. The fraction of sp³-hybridized carbons (Fsp3) is 0.125. The number of halogens is 1. The Balaban J connectivity index is 1.86. The number of hydrogen-bond acceptors (Lipinski definition) is 3. The third kappa shape index (κ3) is 2.63. The molecule has 0 atom stereocenters.